The van der Waals surface area contributed by atoms with E-state index in [-0.39, 0.29) is 5.82 Å². The van der Waals surface area contributed by atoms with E-state index in [9.17, 15) is 4.39 Å². The molecule has 1 saturated heterocycles. The van der Waals surface area contributed by atoms with Crippen molar-refractivity contribution in [2.45, 2.75) is 44.3 Å². The highest BCUT2D eigenvalue weighted by Crippen LogP contribution is 2.38. The monoisotopic (exact) mass is 315 g/mol. The third-order valence-electron chi connectivity index (χ3n) is 5.16. The molecule has 1 aromatic carbocycles. The molecule has 0 saturated carbocycles. The molecule has 6 heteroatoms. The minimum atomic E-state index is -0.131. The smallest absolute Gasteiger partial charge is 0.123 e. The van der Waals surface area contributed by atoms with Crippen LogP contribution in [0.4, 0.5) is 4.39 Å². The summed E-state index contributed by atoms with van der Waals surface area (Å²) >= 11 is 0. The van der Waals surface area contributed by atoms with Gasteiger partial charge in [-0.15, -0.1) is 5.10 Å². The lowest BCUT2D eigenvalue weighted by atomic mass is 10.0. The maximum absolute atomic E-state index is 13.6. The van der Waals surface area contributed by atoms with Crippen LogP contribution in [-0.4, -0.2) is 33.0 Å². The first-order chi connectivity index (χ1) is 11.2. The standard InChI is InChI=1S/C17H22FN5/c18-13-5-3-12-4-6-17(16(12)8-13)22-7-1-2-15(11-22)23-10-14(9-19)20-21-23/h3,5,8,10,15,17H,1-2,4,6-7,9,11,19H2. The van der Waals surface area contributed by atoms with E-state index in [1.165, 1.54) is 11.1 Å². The van der Waals surface area contributed by atoms with Gasteiger partial charge in [-0.25, -0.2) is 9.07 Å². The number of hydrogen-bond acceptors (Lipinski definition) is 4. The predicted molar refractivity (Wildman–Crippen MR) is 85.2 cm³/mol. The molecule has 2 aromatic rings. The molecular weight excluding hydrogens is 293 g/mol. The van der Waals surface area contributed by atoms with Crippen molar-refractivity contribution in [1.29, 1.82) is 0 Å². The van der Waals surface area contributed by atoms with Crippen LogP contribution in [0.5, 0.6) is 0 Å². The molecule has 0 spiro atoms. The molecule has 2 atom stereocenters. The third-order valence-corrected chi connectivity index (χ3v) is 5.16. The SMILES string of the molecule is NCc1cn(C2CCCN(C3CCc4ccc(F)cc43)C2)nn1. The summed E-state index contributed by atoms with van der Waals surface area (Å²) in [7, 11) is 0. The van der Waals surface area contributed by atoms with E-state index in [1.807, 2.05) is 16.9 Å². The van der Waals surface area contributed by atoms with Crippen molar-refractivity contribution in [3.8, 4) is 0 Å². The van der Waals surface area contributed by atoms with Crippen LogP contribution in [0, 0.1) is 5.82 Å². The number of rotatable bonds is 3. The van der Waals surface area contributed by atoms with E-state index in [2.05, 4.69) is 15.2 Å². The van der Waals surface area contributed by atoms with Crippen LogP contribution < -0.4 is 5.73 Å². The molecule has 0 amide bonds. The highest BCUT2D eigenvalue weighted by molar-refractivity contribution is 5.35. The Labute approximate surface area is 135 Å². The fourth-order valence-corrected chi connectivity index (χ4v) is 4.00. The van der Waals surface area contributed by atoms with Crippen molar-refractivity contribution in [3.63, 3.8) is 0 Å². The highest BCUT2D eigenvalue weighted by atomic mass is 19.1. The summed E-state index contributed by atoms with van der Waals surface area (Å²) in [5, 5.41) is 8.33. The van der Waals surface area contributed by atoms with E-state index < -0.39 is 0 Å². The van der Waals surface area contributed by atoms with Crippen LogP contribution in [0.1, 0.15) is 48.2 Å². The average molecular weight is 315 g/mol. The Bertz CT molecular complexity index is 698. The van der Waals surface area contributed by atoms with Gasteiger partial charge in [-0.1, -0.05) is 11.3 Å². The summed E-state index contributed by atoms with van der Waals surface area (Å²) in [5.74, 6) is -0.131. The first kappa shape index (κ1) is 14.8. The van der Waals surface area contributed by atoms with Gasteiger partial charge in [-0.3, -0.25) is 4.90 Å². The lowest BCUT2D eigenvalue weighted by Crippen LogP contribution is -2.38. The molecule has 1 aliphatic heterocycles. The number of aromatic nitrogens is 3. The van der Waals surface area contributed by atoms with E-state index in [0.29, 0.717) is 18.6 Å². The van der Waals surface area contributed by atoms with Gasteiger partial charge in [0.1, 0.15) is 5.82 Å². The second kappa shape index (κ2) is 6.02. The quantitative estimate of drug-likeness (QED) is 0.943. The predicted octanol–water partition coefficient (Wildman–Crippen LogP) is 2.20. The Morgan fingerprint density at radius 3 is 3.04 bits per heavy atom. The second-order valence-electron chi connectivity index (χ2n) is 6.58. The van der Waals surface area contributed by atoms with Crippen molar-refractivity contribution in [1.82, 2.24) is 19.9 Å². The summed E-state index contributed by atoms with van der Waals surface area (Å²) in [4.78, 5) is 2.49. The number of hydrogen-bond donors (Lipinski definition) is 1. The van der Waals surface area contributed by atoms with Crippen LogP contribution in [-0.2, 0) is 13.0 Å². The van der Waals surface area contributed by atoms with Crippen LogP contribution in [0.2, 0.25) is 0 Å². The second-order valence-corrected chi connectivity index (χ2v) is 6.58. The molecule has 0 radical (unpaired) electrons. The molecule has 5 nitrogen and oxygen atoms in total. The third kappa shape index (κ3) is 2.77. The zero-order chi connectivity index (χ0) is 15.8. The first-order valence-electron chi connectivity index (χ1n) is 8.38. The van der Waals surface area contributed by atoms with Crippen molar-refractivity contribution in [2.75, 3.05) is 13.1 Å². The van der Waals surface area contributed by atoms with Crippen LogP contribution >= 0.6 is 0 Å². The number of aryl methyl sites for hydroxylation is 1. The van der Waals surface area contributed by atoms with Gasteiger partial charge in [0.2, 0.25) is 0 Å². The lowest BCUT2D eigenvalue weighted by Gasteiger charge is -2.37. The van der Waals surface area contributed by atoms with Gasteiger partial charge >= 0.3 is 0 Å². The number of halogens is 1. The van der Waals surface area contributed by atoms with Gasteiger partial charge in [0.25, 0.3) is 0 Å². The summed E-state index contributed by atoms with van der Waals surface area (Å²) in [6, 6.07) is 5.90. The first-order valence-corrected chi connectivity index (χ1v) is 8.38. The van der Waals surface area contributed by atoms with Crippen LogP contribution in [0.15, 0.2) is 24.4 Å². The van der Waals surface area contributed by atoms with Crippen LogP contribution in [0.25, 0.3) is 0 Å². The maximum atomic E-state index is 13.6. The Morgan fingerprint density at radius 1 is 1.30 bits per heavy atom. The summed E-state index contributed by atoms with van der Waals surface area (Å²) < 4.78 is 15.6. The molecule has 1 aromatic heterocycles. The number of nitrogens with zero attached hydrogens (tertiary/aromatic N) is 4. The minimum absolute atomic E-state index is 0.131. The molecule has 23 heavy (non-hydrogen) atoms. The number of fused-ring (bicyclic) bond motifs is 1. The number of benzene rings is 1. The van der Waals surface area contributed by atoms with Crippen molar-refractivity contribution in [3.05, 3.63) is 47.0 Å². The molecule has 1 fully saturated rings. The van der Waals surface area contributed by atoms with Gasteiger partial charge in [0.15, 0.2) is 0 Å². The molecule has 0 bridgehead atoms. The largest absolute Gasteiger partial charge is 0.325 e. The van der Waals surface area contributed by atoms with Crippen molar-refractivity contribution >= 4 is 0 Å². The normalized spacial score (nSPS) is 24.8. The zero-order valence-corrected chi connectivity index (χ0v) is 13.2. The Morgan fingerprint density at radius 2 is 2.22 bits per heavy atom. The maximum Gasteiger partial charge on any atom is 0.123 e. The number of nitrogens with two attached hydrogens (primary N) is 1. The fourth-order valence-electron chi connectivity index (χ4n) is 4.00. The molecule has 4 rings (SSSR count). The van der Waals surface area contributed by atoms with Crippen molar-refractivity contribution in [2.24, 2.45) is 5.73 Å². The summed E-state index contributed by atoms with van der Waals surface area (Å²) in [6.07, 6.45) is 6.31. The van der Waals surface area contributed by atoms with Crippen molar-refractivity contribution < 1.29 is 4.39 Å². The molecule has 2 aliphatic rings. The van der Waals surface area contributed by atoms with E-state index in [4.69, 9.17) is 5.73 Å². The molecule has 2 N–H and O–H groups in total. The molecule has 122 valence electrons. The zero-order valence-electron chi connectivity index (χ0n) is 13.2. The average Bonchev–Trinajstić information content (AvgIpc) is 3.21. The number of likely N-dealkylation sites (tertiary alicyclic amines) is 1. The van der Waals surface area contributed by atoms with Gasteiger partial charge < -0.3 is 5.73 Å². The topological polar surface area (TPSA) is 60.0 Å². The molecular formula is C17H22FN5. The highest BCUT2D eigenvalue weighted by Gasteiger charge is 2.32. The molecule has 1 aliphatic carbocycles. The lowest BCUT2D eigenvalue weighted by molar-refractivity contribution is 0.120. The summed E-state index contributed by atoms with van der Waals surface area (Å²) in [6.45, 7) is 2.43. The Balaban J connectivity index is 1.53. The summed E-state index contributed by atoms with van der Waals surface area (Å²) in [5.41, 5.74) is 8.92. The van der Waals surface area contributed by atoms with Crippen LogP contribution in [0.3, 0.4) is 0 Å². The number of piperidine rings is 1. The Kier molecular flexibility index (Phi) is 3.87. The van der Waals surface area contributed by atoms with E-state index in [0.717, 1.165) is 44.5 Å². The van der Waals surface area contributed by atoms with Gasteiger partial charge in [-0.05, 0) is 55.5 Å². The van der Waals surface area contributed by atoms with Gasteiger partial charge in [0.05, 0.1) is 17.9 Å². The van der Waals surface area contributed by atoms with E-state index in [1.54, 1.807) is 12.1 Å². The minimum Gasteiger partial charge on any atom is -0.325 e. The van der Waals surface area contributed by atoms with E-state index >= 15 is 0 Å². The fraction of sp³-hybridized carbons (Fsp3) is 0.529. The Hall–Kier alpha value is -1.79. The molecule has 2 unspecified atom stereocenters. The van der Waals surface area contributed by atoms with Gasteiger partial charge in [0, 0.05) is 19.1 Å². The molecule has 2 heterocycles. The van der Waals surface area contributed by atoms with Gasteiger partial charge in [-0.2, -0.15) is 0 Å².